The van der Waals surface area contributed by atoms with Gasteiger partial charge in [0.05, 0.1) is 0 Å². The van der Waals surface area contributed by atoms with E-state index in [0.717, 1.165) is 0 Å². The van der Waals surface area contributed by atoms with Crippen LogP contribution >= 0.6 is 0 Å². The molecular formula is C14H12N4O4. The van der Waals surface area contributed by atoms with Crippen molar-refractivity contribution < 1.29 is 19.1 Å². The van der Waals surface area contributed by atoms with Crippen molar-refractivity contribution in [1.29, 1.82) is 0 Å². The van der Waals surface area contributed by atoms with Gasteiger partial charge in [-0.25, -0.2) is 10.2 Å². The van der Waals surface area contributed by atoms with Crippen LogP contribution in [0.25, 0.3) is 10.9 Å². The van der Waals surface area contributed by atoms with E-state index in [2.05, 4.69) is 10.4 Å². The van der Waals surface area contributed by atoms with Crippen LogP contribution in [0.2, 0.25) is 0 Å². The Balaban J connectivity index is 1.82. The molecule has 0 radical (unpaired) electrons. The summed E-state index contributed by atoms with van der Waals surface area (Å²) in [4.78, 5) is 38.9. The molecule has 8 heteroatoms. The van der Waals surface area contributed by atoms with Crippen molar-refractivity contribution >= 4 is 34.5 Å². The largest absolute Gasteiger partial charge is 0.432 e. The van der Waals surface area contributed by atoms with Gasteiger partial charge in [-0.15, -0.1) is 0 Å². The summed E-state index contributed by atoms with van der Waals surface area (Å²) in [5, 5.41) is 1.36. The molecule has 0 unspecified atom stereocenters. The molecule has 1 saturated heterocycles. The number of amides is 3. The van der Waals surface area contributed by atoms with Crippen LogP contribution in [0.3, 0.4) is 0 Å². The standard InChI is InChI=1S/C14H12N4O4/c15-9-6-8-2-1-5-16-13(8)10(7-9)22-14(21)17-18-11(19)3-4-12(18)20/h1-2,5-7H,3-4,15H2,(H,17,21). The van der Waals surface area contributed by atoms with Crippen LogP contribution in [0.4, 0.5) is 10.5 Å². The molecule has 0 atom stereocenters. The number of carbonyl (C=O) groups excluding carboxylic acids is 3. The number of nitrogens with zero attached hydrogens (tertiary/aromatic N) is 2. The first-order chi connectivity index (χ1) is 10.5. The summed E-state index contributed by atoms with van der Waals surface area (Å²) >= 11 is 0. The van der Waals surface area contributed by atoms with Gasteiger partial charge in [0, 0.05) is 36.2 Å². The lowest BCUT2D eigenvalue weighted by Crippen LogP contribution is -2.46. The Hall–Kier alpha value is -3.16. The molecule has 22 heavy (non-hydrogen) atoms. The zero-order valence-electron chi connectivity index (χ0n) is 11.4. The van der Waals surface area contributed by atoms with Gasteiger partial charge >= 0.3 is 6.09 Å². The van der Waals surface area contributed by atoms with Gasteiger partial charge in [-0.05, 0) is 12.1 Å². The molecule has 1 aromatic carbocycles. The van der Waals surface area contributed by atoms with Crippen LogP contribution in [0, 0.1) is 0 Å². The van der Waals surface area contributed by atoms with Gasteiger partial charge in [0.25, 0.3) is 0 Å². The first-order valence-corrected chi connectivity index (χ1v) is 6.53. The van der Waals surface area contributed by atoms with E-state index in [0.29, 0.717) is 21.6 Å². The first kappa shape index (κ1) is 13.8. The summed E-state index contributed by atoms with van der Waals surface area (Å²) in [6.45, 7) is 0. The van der Waals surface area contributed by atoms with Crippen LogP contribution in [0.1, 0.15) is 12.8 Å². The molecule has 3 rings (SSSR count). The molecule has 2 aromatic rings. The highest BCUT2D eigenvalue weighted by atomic mass is 16.6. The normalized spacial score (nSPS) is 14.5. The van der Waals surface area contributed by atoms with Crippen molar-refractivity contribution in [1.82, 2.24) is 15.4 Å². The Kier molecular flexibility index (Phi) is 3.34. The van der Waals surface area contributed by atoms with E-state index in [1.807, 2.05) is 0 Å². The van der Waals surface area contributed by atoms with Crippen molar-refractivity contribution in [2.45, 2.75) is 12.8 Å². The maximum atomic E-state index is 11.9. The monoisotopic (exact) mass is 300 g/mol. The summed E-state index contributed by atoms with van der Waals surface area (Å²) in [6, 6.07) is 6.65. The number of rotatable bonds is 2. The fourth-order valence-electron chi connectivity index (χ4n) is 2.17. The average molecular weight is 300 g/mol. The molecule has 0 spiro atoms. The van der Waals surface area contributed by atoms with E-state index >= 15 is 0 Å². The van der Waals surface area contributed by atoms with Crippen molar-refractivity contribution in [3.8, 4) is 5.75 Å². The van der Waals surface area contributed by atoms with E-state index in [4.69, 9.17) is 10.5 Å². The maximum Gasteiger partial charge on any atom is 0.432 e. The van der Waals surface area contributed by atoms with Crippen LogP contribution in [-0.2, 0) is 9.59 Å². The summed E-state index contributed by atoms with van der Waals surface area (Å²) < 4.78 is 5.13. The number of pyridine rings is 1. The first-order valence-electron chi connectivity index (χ1n) is 6.53. The van der Waals surface area contributed by atoms with E-state index in [1.54, 1.807) is 24.4 Å². The van der Waals surface area contributed by atoms with Crippen molar-refractivity contribution in [2.24, 2.45) is 0 Å². The molecule has 1 fully saturated rings. The Bertz CT molecular complexity index is 774. The van der Waals surface area contributed by atoms with Crippen molar-refractivity contribution in [2.75, 3.05) is 5.73 Å². The third-order valence-corrected chi connectivity index (χ3v) is 3.15. The summed E-state index contributed by atoms with van der Waals surface area (Å²) in [5.41, 5.74) is 8.72. The number of anilines is 1. The summed E-state index contributed by atoms with van der Waals surface area (Å²) in [5.74, 6) is -0.804. The van der Waals surface area contributed by atoms with Gasteiger partial charge in [-0.3, -0.25) is 14.6 Å². The van der Waals surface area contributed by atoms with Gasteiger partial charge in [0.15, 0.2) is 5.75 Å². The molecule has 0 aliphatic carbocycles. The highest BCUT2D eigenvalue weighted by Gasteiger charge is 2.31. The Morgan fingerprint density at radius 1 is 1.27 bits per heavy atom. The van der Waals surface area contributed by atoms with Gasteiger partial charge in [-0.1, -0.05) is 6.07 Å². The third-order valence-electron chi connectivity index (χ3n) is 3.15. The fourth-order valence-corrected chi connectivity index (χ4v) is 2.17. The Morgan fingerprint density at radius 3 is 2.73 bits per heavy atom. The van der Waals surface area contributed by atoms with Gasteiger partial charge in [-0.2, -0.15) is 5.01 Å². The minimum Gasteiger partial charge on any atom is -0.407 e. The van der Waals surface area contributed by atoms with E-state index in [9.17, 15) is 14.4 Å². The second-order valence-corrected chi connectivity index (χ2v) is 4.72. The zero-order valence-corrected chi connectivity index (χ0v) is 11.4. The number of nitrogens with one attached hydrogen (secondary N) is 1. The molecule has 3 N–H and O–H groups in total. The molecular weight excluding hydrogens is 288 g/mol. The second kappa shape index (κ2) is 5.32. The number of hydrazine groups is 1. The van der Waals surface area contributed by atoms with E-state index in [1.165, 1.54) is 6.07 Å². The summed E-state index contributed by atoms with van der Waals surface area (Å²) in [6.07, 6.45) is 0.738. The zero-order chi connectivity index (χ0) is 15.7. The molecule has 0 saturated carbocycles. The van der Waals surface area contributed by atoms with Crippen LogP contribution < -0.4 is 15.9 Å². The number of nitrogen functional groups attached to an aromatic ring is 1. The van der Waals surface area contributed by atoms with Gasteiger partial charge in [0.1, 0.15) is 5.52 Å². The lowest BCUT2D eigenvalue weighted by atomic mass is 10.2. The topological polar surface area (TPSA) is 115 Å². The predicted octanol–water partition coefficient (Wildman–Crippen LogP) is 0.969. The van der Waals surface area contributed by atoms with Crippen LogP contribution in [-0.4, -0.2) is 27.9 Å². The van der Waals surface area contributed by atoms with Gasteiger partial charge in [0.2, 0.25) is 11.8 Å². The number of imide groups is 1. The SMILES string of the molecule is Nc1cc(OC(=O)NN2C(=O)CCC2=O)c2ncccc2c1. The van der Waals surface area contributed by atoms with Crippen molar-refractivity contribution in [3.63, 3.8) is 0 Å². The number of fused-ring (bicyclic) bond motifs is 1. The van der Waals surface area contributed by atoms with Crippen LogP contribution in [0.15, 0.2) is 30.5 Å². The fraction of sp³-hybridized carbons (Fsp3) is 0.143. The summed E-state index contributed by atoms with van der Waals surface area (Å²) in [7, 11) is 0. The average Bonchev–Trinajstić information content (AvgIpc) is 2.79. The Labute approximate surface area is 124 Å². The lowest BCUT2D eigenvalue weighted by molar-refractivity contribution is -0.141. The number of nitrogens with two attached hydrogens (primary N) is 1. The molecule has 0 bridgehead atoms. The molecule has 3 amide bonds. The number of benzene rings is 1. The van der Waals surface area contributed by atoms with E-state index in [-0.39, 0.29) is 18.6 Å². The highest BCUT2D eigenvalue weighted by molar-refractivity contribution is 6.03. The Morgan fingerprint density at radius 2 is 2.00 bits per heavy atom. The smallest absolute Gasteiger partial charge is 0.407 e. The molecule has 1 aromatic heterocycles. The maximum absolute atomic E-state index is 11.9. The molecule has 8 nitrogen and oxygen atoms in total. The minimum absolute atomic E-state index is 0.0713. The van der Waals surface area contributed by atoms with Crippen LogP contribution in [0.5, 0.6) is 5.75 Å². The van der Waals surface area contributed by atoms with Crippen molar-refractivity contribution in [3.05, 3.63) is 30.5 Å². The highest BCUT2D eigenvalue weighted by Crippen LogP contribution is 2.27. The molecule has 1 aliphatic heterocycles. The number of hydrogen-bond donors (Lipinski definition) is 2. The minimum atomic E-state index is -0.957. The molecule has 2 heterocycles. The van der Waals surface area contributed by atoms with Gasteiger partial charge < -0.3 is 10.5 Å². The number of aromatic nitrogens is 1. The van der Waals surface area contributed by atoms with E-state index < -0.39 is 17.9 Å². The third kappa shape index (κ3) is 2.53. The molecule has 1 aliphatic rings. The lowest BCUT2D eigenvalue weighted by Gasteiger charge is -2.15. The number of ether oxygens (including phenoxy) is 1. The second-order valence-electron chi connectivity index (χ2n) is 4.72. The number of carbonyl (C=O) groups is 3. The molecule has 112 valence electrons. The number of hydrogen-bond acceptors (Lipinski definition) is 6. The quantitative estimate of drug-likeness (QED) is 0.631. The predicted molar refractivity (Wildman–Crippen MR) is 76.4 cm³/mol.